The van der Waals surface area contributed by atoms with Crippen LogP contribution in [0.25, 0.3) is 6.08 Å². The molecule has 2 aromatic carbocycles. The van der Waals surface area contributed by atoms with Crippen LogP contribution in [0.4, 0.5) is 0 Å². The maximum absolute atomic E-state index is 12.9. The Bertz CT molecular complexity index is 1150. The highest BCUT2D eigenvalue weighted by Crippen LogP contribution is 2.32. The third-order valence-corrected chi connectivity index (χ3v) is 4.98. The van der Waals surface area contributed by atoms with Crippen molar-refractivity contribution in [2.75, 3.05) is 6.79 Å². The predicted octanol–water partition coefficient (Wildman–Crippen LogP) is 3.71. The largest absolute Gasteiger partial charge is 0.465 e. The van der Waals surface area contributed by atoms with E-state index in [1.54, 1.807) is 30.3 Å². The van der Waals surface area contributed by atoms with Crippen molar-refractivity contribution >= 4 is 17.9 Å². The van der Waals surface area contributed by atoms with Gasteiger partial charge in [-0.25, -0.2) is 0 Å². The second-order valence-corrected chi connectivity index (χ2v) is 7.20. The summed E-state index contributed by atoms with van der Waals surface area (Å²) in [6.07, 6.45) is 2.99. The molecule has 3 aromatic rings. The Morgan fingerprint density at radius 3 is 2.61 bits per heavy atom. The van der Waals surface area contributed by atoms with Gasteiger partial charge in [-0.2, -0.15) is 0 Å². The van der Waals surface area contributed by atoms with Gasteiger partial charge in [0.2, 0.25) is 6.79 Å². The van der Waals surface area contributed by atoms with Crippen molar-refractivity contribution in [3.63, 3.8) is 0 Å². The summed E-state index contributed by atoms with van der Waals surface area (Å²) < 4.78 is 16.0. The van der Waals surface area contributed by atoms with Gasteiger partial charge in [-0.3, -0.25) is 9.59 Å². The van der Waals surface area contributed by atoms with Crippen LogP contribution in [0.5, 0.6) is 11.5 Å². The number of ether oxygens (including phenoxy) is 2. The van der Waals surface area contributed by atoms with E-state index in [1.165, 1.54) is 12.3 Å². The number of carbonyl (C=O) groups excluding carboxylic acids is 2. The Kier molecular flexibility index (Phi) is 5.75. The zero-order valence-electron chi connectivity index (χ0n) is 17.2. The first kappa shape index (κ1) is 20.3. The zero-order valence-corrected chi connectivity index (χ0v) is 17.2. The molecule has 0 unspecified atom stereocenters. The normalized spacial score (nSPS) is 12.5. The van der Waals surface area contributed by atoms with Crippen LogP contribution in [0, 0.1) is 13.8 Å². The van der Waals surface area contributed by atoms with Crippen molar-refractivity contribution in [3.8, 4) is 11.5 Å². The molecule has 0 radical (unpaired) electrons. The number of nitrogens with one attached hydrogen (secondary N) is 2. The van der Waals surface area contributed by atoms with Gasteiger partial charge in [-0.1, -0.05) is 12.1 Å². The molecule has 0 spiro atoms. The highest BCUT2D eigenvalue weighted by molar-refractivity contribution is 6.05. The molecular weight excluding hydrogens is 396 g/mol. The van der Waals surface area contributed by atoms with E-state index in [0.717, 1.165) is 16.7 Å². The van der Waals surface area contributed by atoms with Gasteiger partial charge in [-0.05, 0) is 66.9 Å². The minimum absolute atomic E-state index is 0.0823. The molecule has 2 N–H and O–H groups in total. The fourth-order valence-electron chi connectivity index (χ4n) is 3.08. The number of carbonyl (C=O) groups is 2. The fraction of sp³-hybridized carbons (Fsp3) is 0.167. The number of amides is 2. The van der Waals surface area contributed by atoms with E-state index < -0.39 is 5.91 Å². The van der Waals surface area contributed by atoms with E-state index in [-0.39, 0.29) is 24.9 Å². The summed E-state index contributed by atoms with van der Waals surface area (Å²) in [4.78, 5) is 25.6. The SMILES string of the molecule is Cc1ccc(C(=O)NC(=Cc2ccco2)C(=O)NCc2ccc3c(c2)OCO3)cc1C. The average molecular weight is 418 g/mol. The lowest BCUT2D eigenvalue weighted by Crippen LogP contribution is -2.34. The van der Waals surface area contributed by atoms with Crippen LogP contribution >= 0.6 is 0 Å². The smallest absolute Gasteiger partial charge is 0.268 e. The number of hydrogen-bond donors (Lipinski definition) is 2. The van der Waals surface area contributed by atoms with E-state index in [9.17, 15) is 9.59 Å². The van der Waals surface area contributed by atoms with Gasteiger partial charge in [0.15, 0.2) is 11.5 Å². The number of furan rings is 1. The maximum Gasteiger partial charge on any atom is 0.268 e. The molecule has 2 amide bonds. The molecule has 4 rings (SSSR count). The van der Waals surface area contributed by atoms with Crippen LogP contribution in [0.15, 0.2) is 64.9 Å². The van der Waals surface area contributed by atoms with Crippen LogP contribution in [0.2, 0.25) is 0 Å². The van der Waals surface area contributed by atoms with Crippen molar-refractivity contribution in [1.82, 2.24) is 10.6 Å². The molecule has 0 aliphatic carbocycles. The third-order valence-electron chi connectivity index (χ3n) is 4.98. The predicted molar refractivity (Wildman–Crippen MR) is 114 cm³/mol. The number of benzene rings is 2. The zero-order chi connectivity index (χ0) is 21.8. The lowest BCUT2D eigenvalue weighted by molar-refractivity contribution is -0.117. The average Bonchev–Trinajstić information content (AvgIpc) is 3.44. The molecule has 0 atom stereocenters. The Balaban J connectivity index is 1.49. The number of aryl methyl sites for hydroxylation is 2. The quantitative estimate of drug-likeness (QED) is 0.596. The van der Waals surface area contributed by atoms with Gasteiger partial charge in [0.25, 0.3) is 11.8 Å². The van der Waals surface area contributed by atoms with Crippen molar-refractivity contribution in [2.24, 2.45) is 0 Å². The van der Waals surface area contributed by atoms with Gasteiger partial charge in [0.1, 0.15) is 11.5 Å². The third kappa shape index (κ3) is 4.78. The standard InChI is InChI=1S/C24H22N2O5/c1-15-5-7-18(10-16(15)2)23(27)26-20(12-19-4-3-9-29-19)24(28)25-13-17-6-8-21-22(11-17)31-14-30-21/h3-12H,13-14H2,1-2H3,(H,25,28)(H,26,27). The monoisotopic (exact) mass is 418 g/mol. The van der Waals surface area contributed by atoms with Crippen molar-refractivity contribution < 1.29 is 23.5 Å². The molecule has 7 heteroatoms. The molecule has 2 heterocycles. The summed E-state index contributed by atoms with van der Waals surface area (Å²) in [7, 11) is 0. The van der Waals surface area contributed by atoms with Crippen LogP contribution in [0.3, 0.4) is 0 Å². The Morgan fingerprint density at radius 1 is 1.00 bits per heavy atom. The molecule has 1 aliphatic rings. The van der Waals surface area contributed by atoms with Gasteiger partial charge < -0.3 is 24.5 Å². The van der Waals surface area contributed by atoms with Crippen molar-refractivity contribution in [3.05, 3.63) is 88.5 Å². The second-order valence-electron chi connectivity index (χ2n) is 7.20. The van der Waals surface area contributed by atoms with E-state index >= 15 is 0 Å². The highest BCUT2D eigenvalue weighted by Gasteiger charge is 2.17. The molecular formula is C24H22N2O5. The van der Waals surface area contributed by atoms with Crippen molar-refractivity contribution in [2.45, 2.75) is 20.4 Å². The summed E-state index contributed by atoms with van der Waals surface area (Å²) in [5.74, 6) is 0.953. The number of rotatable bonds is 6. The summed E-state index contributed by atoms with van der Waals surface area (Å²) in [6, 6.07) is 14.3. The Morgan fingerprint density at radius 2 is 1.84 bits per heavy atom. The fourth-order valence-corrected chi connectivity index (χ4v) is 3.08. The molecule has 1 aromatic heterocycles. The molecule has 0 bridgehead atoms. The summed E-state index contributed by atoms with van der Waals surface area (Å²) in [5.41, 5.74) is 3.48. The number of hydrogen-bond acceptors (Lipinski definition) is 5. The van der Waals surface area contributed by atoms with Gasteiger partial charge in [-0.15, -0.1) is 0 Å². The summed E-state index contributed by atoms with van der Waals surface area (Å²) in [5, 5.41) is 5.52. The molecule has 0 saturated carbocycles. The Labute approximate surface area is 179 Å². The molecule has 7 nitrogen and oxygen atoms in total. The maximum atomic E-state index is 12.9. The Hall–Kier alpha value is -4.00. The van der Waals surface area contributed by atoms with Gasteiger partial charge >= 0.3 is 0 Å². The number of fused-ring (bicyclic) bond motifs is 1. The van der Waals surface area contributed by atoms with E-state index in [0.29, 0.717) is 22.8 Å². The summed E-state index contributed by atoms with van der Waals surface area (Å²) >= 11 is 0. The first-order valence-corrected chi connectivity index (χ1v) is 9.80. The topological polar surface area (TPSA) is 89.8 Å². The summed E-state index contributed by atoms with van der Waals surface area (Å²) in [6.45, 7) is 4.35. The van der Waals surface area contributed by atoms with Gasteiger partial charge in [0, 0.05) is 18.2 Å². The van der Waals surface area contributed by atoms with E-state index in [4.69, 9.17) is 13.9 Å². The second kappa shape index (κ2) is 8.79. The van der Waals surface area contributed by atoms with E-state index in [2.05, 4.69) is 10.6 Å². The minimum Gasteiger partial charge on any atom is -0.465 e. The minimum atomic E-state index is -0.439. The van der Waals surface area contributed by atoms with Crippen LogP contribution in [0.1, 0.15) is 32.8 Å². The lowest BCUT2D eigenvalue weighted by atomic mass is 10.1. The first-order chi connectivity index (χ1) is 15.0. The molecule has 1 aliphatic heterocycles. The highest BCUT2D eigenvalue weighted by atomic mass is 16.7. The van der Waals surface area contributed by atoms with Gasteiger partial charge in [0.05, 0.1) is 6.26 Å². The molecule has 158 valence electrons. The van der Waals surface area contributed by atoms with Crippen LogP contribution in [-0.2, 0) is 11.3 Å². The van der Waals surface area contributed by atoms with Crippen molar-refractivity contribution in [1.29, 1.82) is 0 Å². The van der Waals surface area contributed by atoms with E-state index in [1.807, 2.05) is 32.0 Å². The molecule has 0 saturated heterocycles. The van der Waals surface area contributed by atoms with Crippen LogP contribution < -0.4 is 20.1 Å². The first-order valence-electron chi connectivity index (χ1n) is 9.80. The molecule has 31 heavy (non-hydrogen) atoms. The lowest BCUT2D eigenvalue weighted by Gasteiger charge is -2.12. The van der Waals surface area contributed by atoms with Crippen LogP contribution in [-0.4, -0.2) is 18.6 Å². The molecule has 0 fully saturated rings.